The first-order valence-electron chi connectivity index (χ1n) is 7.44. The summed E-state index contributed by atoms with van der Waals surface area (Å²) in [5, 5.41) is 0. The van der Waals surface area contributed by atoms with E-state index in [4.69, 9.17) is 4.74 Å². The van der Waals surface area contributed by atoms with Gasteiger partial charge in [-0.25, -0.2) is 0 Å². The molecule has 0 heterocycles. The molecule has 0 aromatic heterocycles. The van der Waals surface area contributed by atoms with Gasteiger partial charge in [-0.15, -0.1) is 0 Å². The van der Waals surface area contributed by atoms with E-state index in [1.807, 2.05) is 20.8 Å². The highest BCUT2D eigenvalue weighted by Crippen LogP contribution is 2.46. The normalized spacial score (nSPS) is 18.1. The van der Waals surface area contributed by atoms with Gasteiger partial charge in [-0.1, -0.05) is 41.5 Å². The highest BCUT2D eigenvalue weighted by atomic mass is 16.6. The molecule has 0 N–H and O–H groups in total. The Balaban J connectivity index is 5.26. The van der Waals surface area contributed by atoms with Crippen LogP contribution in [0.2, 0.25) is 0 Å². The van der Waals surface area contributed by atoms with Crippen molar-refractivity contribution >= 4 is 5.97 Å². The first-order chi connectivity index (χ1) is 8.21. The molecule has 0 spiro atoms. The largest absolute Gasteiger partial charge is 0.460 e. The Kier molecular flexibility index (Phi) is 5.68. The topological polar surface area (TPSA) is 26.3 Å². The molecule has 0 bridgehead atoms. The number of rotatable bonds is 4. The molecule has 0 radical (unpaired) electrons. The fraction of sp³-hybridized carbons (Fsp3) is 0.941. The number of esters is 1. The van der Waals surface area contributed by atoms with Gasteiger partial charge in [0.15, 0.2) is 0 Å². The molecule has 0 aromatic rings. The Morgan fingerprint density at radius 2 is 1.37 bits per heavy atom. The van der Waals surface area contributed by atoms with Crippen LogP contribution < -0.4 is 0 Å². The zero-order chi connectivity index (χ0) is 15.6. The van der Waals surface area contributed by atoms with Crippen LogP contribution in [0.3, 0.4) is 0 Å². The van der Waals surface area contributed by atoms with Crippen molar-refractivity contribution < 1.29 is 9.53 Å². The van der Waals surface area contributed by atoms with Gasteiger partial charge < -0.3 is 4.74 Å². The summed E-state index contributed by atoms with van der Waals surface area (Å²) in [7, 11) is 0. The summed E-state index contributed by atoms with van der Waals surface area (Å²) in [5.41, 5.74) is -0.993. The molecule has 2 unspecified atom stereocenters. The van der Waals surface area contributed by atoms with E-state index in [1.165, 1.54) is 0 Å². The first-order valence-corrected chi connectivity index (χ1v) is 7.44. The molecule has 2 nitrogen and oxygen atoms in total. The predicted molar refractivity (Wildman–Crippen MR) is 82.0 cm³/mol. The lowest BCUT2D eigenvalue weighted by Gasteiger charge is -2.43. The first kappa shape index (κ1) is 18.5. The average Bonchev–Trinajstić information content (AvgIpc) is 2.12. The van der Waals surface area contributed by atoms with Gasteiger partial charge in [0, 0.05) is 0 Å². The maximum Gasteiger partial charge on any atom is 0.312 e. The van der Waals surface area contributed by atoms with Crippen LogP contribution in [0.1, 0.15) is 75.7 Å². The molecule has 0 amide bonds. The van der Waals surface area contributed by atoms with Gasteiger partial charge in [0.25, 0.3) is 0 Å². The summed E-state index contributed by atoms with van der Waals surface area (Å²) in [6.45, 7) is 20.9. The van der Waals surface area contributed by atoms with Gasteiger partial charge in [0.05, 0.1) is 5.41 Å². The maximum absolute atomic E-state index is 12.7. The van der Waals surface area contributed by atoms with E-state index < -0.39 is 11.0 Å². The molecule has 0 saturated heterocycles. The Morgan fingerprint density at radius 3 is 1.63 bits per heavy atom. The minimum atomic E-state index is -0.454. The lowest BCUT2D eigenvalue weighted by atomic mass is 9.63. The van der Waals surface area contributed by atoms with Crippen molar-refractivity contribution in [1.29, 1.82) is 0 Å². The van der Waals surface area contributed by atoms with Gasteiger partial charge in [-0.2, -0.15) is 0 Å². The summed E-state index contributed by atoms with van der Waals surface area (Å²) < 4.78 is 5.67. The number of ether oxygens (including phenoxy) is 1. The van der Waals surface area contributed by atoms with Crippen LogP contribution in [0.25, 0.3) is 0 Å². The minimum Gasteiger partial charge on any atom is -0.460 e. The van der Waals surface area contributed by atoms with E-state index >= 15 is 0 Å². The lowest BCUT2D eigenvalue weighted by molar-refractivity contribution is -0.175. The monoisotopic (exact) mass is 270 g/mol. The zero-order valence-electron chi connectivity index (χ0n) is 14.7. The summed E-state index contributed by atoms with van der Waals surface area (Å²) in [6.07, 6.45) is 0.864. The number of carbonyl (C=O) groups is 1. The molecule has 0 aromatic carbocycles. The van der Waals surface area contributed by atoms with Crippen LogP contribution in [0.15, 0.2) is 0 Å². The molecule has 2 heteroatoms. The fourth-order valence-electron chi connectivity index (χ4n) is 1.97. The van der Waals surface area contributed by atoms with Crippen molar-refractivity contribution in [2.75, 3.05) is 0 Å². The van der Waals surface area contributed by atoms with E-state index in [9.17, 15) is 4.79 Å². The average molecular weight is 270 g/mol. The predicted octanol–water partition coefficient (Wildman–Crippen LogP) is 5.06. The highest BCUT2D eigenvalue weighted by Gasteiger charge is 2.47. The molecule has 0 fully saturated rings. The minimum absolute atomic E-state index is 0.0694. The second-order valence-corrected chi connectivity index (χ2v) is 8.51. The summed E-state index contributed by atoms with van der Waals surface area (Å²) in [5.74, 6) is 1.00. The second kappa shape index (κ2) is 5.85. The molecular weight excluding hydrogens is 236 g/mol. The molecule has 0 aliphatic carbocycles. The fourth-order valence-corrected chi connectivity index (χ4v) is 1.97. The van der Waals surface area contributed by atoms with Crippen molar-refractivity contribution in [2.24, 2.45) is 22.7 Å². The molecule has 0 rings (SSSR count). The smallest absolute Gasteiger partial charge is 0.312 e. The van der Waals surface area contributed by atoms with Crippen molar-refractivity contribution in [3.63, 3.8) is 0 Å². The Bertz CT molecular complexity index is 304. The van der Waals surface area contributed by atoms with Gasteiger partial charge in [-0.3, -0.25) is 4.79 Å². The van der Waals surface area contributed by atoms with Crippen LogP contribution >= 0.6 is 0 Å². The SMILES string of the molecule is CC(C)C(C)CC(C)(C(=O)OC(C)(C)C)C(C)(C)C. The lowest BCUT2D eigenvalue weighted by Crippen LogP contribution is -2.45. The summed E-state index contributed by atoms with van der Waals surface area (Å²) in [6, 6.07) is 0. The maximum atomic E-state index is 12.7. The third-order valence-electron chi connectivity index (χ3n) is 4.37. The van der Waals surface area contributed by atoms with E-state index in [2.05, 4.69) is 48.5 Å². The third-order valence-corrected chi connectivity index (χ3v) is 4.37. The van der Waals surface area contributed by atoms with E-state index in [1.54, 1.807) is 0 Å². The number of hydrogen-bond donors (Lipinski definition) is 0. The molecular formula is C17H34O2. The quantitative estimate of drug-likeness (QED) is 0.667. The van der Waals surface area contributed by atoms with Gasteiger partial charge >= 0.3 is 5.97 Å². The molecule has 19 heavy (non-hydrogen) atoms. The van der Waals surface area contributed by atoms with Gasteiger partial charge in [0.2, 0.25) is 0 Å². The molecule has 0 saturated carbocycles. The van der Waals surface area contributed by atoms with Gasteiger partial charge in [0.1, 0.15) is 5.60 Å². The Morgan fingerprint density at radius 1 is 0.947 bits per heavy atom. The second-order valence-electron chi connectivity index (χ2n) is 8.51. The van der Waals surface area contributed by atoms with E-state index in [-0.39, 0.29) is 11.4 Å². The molecule has 114 valence electrons. The van der Waals surface area contributed by atoms with Gasteiger partial charge in [-0.05, 0) is 51.4 Å². The van der Waals surface area contributed by atoms with E-state index in [0.717, 1.165) is 6.42 Å². The molecule has 2 atom stereocenters. The number of carbonyl (C=O) groups excluding carboxylic acids is 1. The van der Waals surface area contributed by atoms with Crippen molar-refractivity contribution in [3.05, 3.63) is 0 Å². The highest BCUT2D eigenvalue weighted by molar-refractivity contribution is 5.77. The van der Waals surface area contributed by atoms with Crippen molar-refractivity contribution in [1.82, 2.24) is 0 Å². The summed E-state index contributed by atoms with van der Waals surface area (Å²) >= 11 is 0. The Labute approximate surface area is 120 Å². The van der Waals surface area contributed by atoms with Crippen molar-refractivity contribution in [2.45, 2.75) is 81.3 Å². The van der Waals surface area contributed by atoms with Crippen molar-refractivity contribution in [3.8, 4) is 0 Å². The van der Waals surface area contributed by atoms with E-state index in [0.29, 0.717) is 11.8 Å². The van der Waals surface area contributed by atoms with Crippen LogP contribution in [-0.2, 0) is 9.53 Å². The zero-order valence-corrected chi connectivity index (χ0v) is 14.7. The summed E-state index contributed by atoms with van der Waals surface area (Å²) in [4.78, 5) is 12.7. The Hall–Kier alpha value is -0.530. The standard InChI is InChI=1S/C17H34O2/c1-12(2)13(3)11-17(10,15(4,5)6)14(18)19-16(7,8)9/h12-13H,11H2,1-10H3. The number of hydrogen-bond acceptors (Lipinski definition) is 2. The van der Waals surface area contributed by atoms with Crippen LogP contribution in [0.4, 0.5) is 0 Å². The van der Waals surface area contributed by atoms with Crippen LogP contribution in [0, 0.1) is 22.7 Å². The van der Waals surface area contributed by atoms with Crippen LogP contribution in [-0.4, -0.2) is 11.6 Å². The van der Waals surface area contributed by atoms with Crippen LogP contribution in [0.5, 0.6) is 0 Å². The molecule has 0 aliphatic rings. The molecule has 0 aliphatic heterocycles. The third kappa shape index (κ3) is 5.16.